The second-order valence-electron chi connectivity index (χ2n) is 6.24. The zero-order valence-electron chi connectivity index (χ0n) is 13.7. The van der Waals surface area contributed by atoms with Crippen LogP contribution in [0.5, 0.6) is 0 Å². The van der Waals surface area contributed by atoms with Crippen molar-refractivity contribution in [3.05, 3.63) is 82.4 Å². The second kappa shape index (κ2) is 6.31. The summed E-state index contributed by atoms with van der Waals surface area (Å²) < 4.78 is 41.6. The molecule has 0 radical (unpaired) electrons. The van der Waals surface area contributed by atoms with E-state index in [0.717, 1.165) is 11.1 Å². The molecule has 124 valence electrons. The maximum Gasteiger partial charge on any atom is 0.417 e. The van der Waals surface area contributed by atoms with E-state index in [1.807, 2.05) is 38.1 Å². The van der Waals surface area contributed by atoms with Crippen molar-refractivity contribution >= 4 is 11.1 Å². The Balaban J connectivity index is 2.17. The number of allylic oxidation sites excluding steroid dienone is 4. The Kier molecular flexibility index (Phi) is 4.35. The molecule has 3 heteroatoms. The second-order valence-corrected chi connectivity index (χ2v) is 6.24. The van der Waals surface area contributed by atoms with E-state index in [1.165, 1.54) is 0 Å². The first-order chi connectivity index (χ1) is 11.4. The summed E-state index contributed by atoms with van der Waals surface area (Å²) >= 11 is 0. The van der Waals surface area contributed by atoms with Gasteiger partial charge in [0.15, 0.2) is 0 Å². The number of benzene rings is 2. The van der Waals surface area contributed by atoms with E-state index >= 15 is 0 Å². The van der Waals surface area contributed by atoms with Crippen LogP contribution in [-0.2, 0) is 0 Å². The Morgan fingerprint density at radius 2 is 1.25 bits per heavy atom. The molecule has 0 heterocycles. The van der Waals surface area contributed by atoms with Gasteiger partial charge in [-0.05, 0) is 49.0 Å². The molecule has 0 fully saturated rings. The maximum atomic E-state index is 13.9. The van der Waals surface area contributed by atoms with Gasteiger partial charge in [0, 0.05) is 0 Å². The van der Waals surface area contributed by atoms with Crippen molar-refractivity contribution in [2.24, 2.45) is 0 Å². The van der Waals surface area contributed by atoms with E-state index in [-0.39, 0.29) is 0 Å². The van der Waals surface area contributed by atoms with E-state index in [4.69, 9.17) is 0 Å². The molecule has 1 aliphatic rings. The highest BCUT2D eigenvalue weighted by Crippen LogP contribution is 2.45. The van der Waals surface area contributed by atoms with Crippen molar-refractivity contribution in [2.45, 2.75) is 32.9 Å². The highest BCUT2D eigenvalue weighted by atomic mass is 19.4. The monoisotopic (exact) mass is 328 g/mol. The fourth-order valence-electron chi connectivity index (χ4n) is 3.11. The third kappa shape index (κ3) is 3.30. The van der Waals surface area contributed by atoms with E-state index in [9.17, 15) is 13.2 Å². The largest absolute Gasteiger partial charge is 0.417 e. The first-order valence-electron chi connectivity index (χ1n) is 8.01. The molecule has 0 atom stereocenters. The molecular formula is C21H19F3. The minimum atomic E-state index is -4.38. The summed E-state index contributed by atoms with van der Waals surface area (Å²) in [6.45, 7) is 3.86. The average molecular weight is 328 g/mol. The number of hydrogen-bond acceptors (Lipinski definition) is 0. The Morgan fingerprint density at radius 3 is 1.75 bits per heavy atom. The number of aryl methyl sites for hydroxylation is 2. The molecule has 0 aromatic heterocycles. The Bertz CT molecular complexity index is 788. The molecule has 0 N–H and O–H groups in total. The predicted molar refractivity (Wildman–Crippen MR) is 92.5 cm³/mol. The van der Waals surface area contributed by atoms with Crippen LogP contribution in [0.4, 0.5) is 13.2 Å². The molecule has 1 aliphatic carbocycles. The minimum absolute atomic E-state index is 0.296. The quantitative estimate of drug-likeness (QED) is 0.590. The predicted octanol–water partition coefficient (Wildman–Crippen LogP) is 6.50. The van der Waals surface area contributed by atoms with Gasteiger partial charge in [0.1, 0.15) is 0 Å². The van der Waals surface area contributed by atoms with Crippen LogP contribution >= 0.6 is 0 Å². The van der Waals surface area contributed by atoms with E-state index in [0.29, 0.717) is 35.1 Å². The number of halogens is 3. The summed E-state index contributed by atoms with van der Waals surface area (Å²) in [4.78, 5) is 0. The van der Waals surface area contributed by atoms with Gasteiger partial charge >= 0.3 is 6.18 Å². The molecule has 0 aliphatic heterocycles. The highest BCUT2D eigenvalue weighted by Gasteiger charge is 2.40. The SMILES string of the molecule is Cc1ccc(C2=CCCC(c3ccc(C)cc3)=C2C(F)(F)F)cc1. The van der Waals surface area contributed by atoms with Crippen LogP contribution in [0.15, 0.2) is 60.2 Å². The van der Waals surface area contributed by atoms with Gasteiger partial charge in [-0.25, -0.2) is 0 Å². The fraction of sp³-hybridized carbons (Fsp3) is 0.238. The van der Waals surface area contributed by atoms with Crippen molar-refractivity contribution in [3.63, 3.8) is 0 Å². The summed E-state index contributed by atoms with van der Waals surface area (Å²) in [5, 5.41) is 0. The number of rotatable bonds is 2. The standard InChI is InChI=1S/C21H19F3/c1-14-6-10-16(11-7-14)18-4-3-5-19(20(18)21(22,23)24)17-12-8-15(2)9-13-17/h4,6-13H,3,5H2,1-2H3. The molecule has 2 aromatic carbocycles. The van der Waals surface area contributed by atoms with Crippen LogP contribution in [0.3, 0.4) is 0 Å². The normalized spacial score (nSPS) is 15.5. The minimum Gasteiger partial charge on any atom is -0.166 e. The molecule has 0 spiro atoms. The lowest BCUT2D eigenvalue weighted by Gasteiger charge is -2.25. The molecule has 3 rings (SSSR count). The maximum absolute atomic E-state index is 13.9. The first kappa shape index (κ1) is 16.6. The van der Waals surface area contributed by atoms with Gasteiger partial charge in [0.2, 0.25) is 0 Å². The van der Waals surface area contributed by atoms with Gasteiger partial charge < -0.3 is 0 Å². The summed E-state index contributed by atoms with van der Waals surface area (Å²) in [6.07, 6.45) is -1.64. The van der Waals surface area contributed by atoms with Crippen molar-refractivity contribution in [1.29, 1.82) is 0 Å². The van der Waals surface area contributed by atoms with Crippen LogP contribution in [0.1, 0.15) is 35.1 Å². The third-order valence-electron chi connectivity index (χ3n) is 4.36. The van der Waals surface area contributed by atoms with Crippen LogP contribution < -0.4 is 0 Å². The Hall–Kier alpha value is -2.29. The Morgan fingerprint density at radius 1 is 0.750 bits per heavy atom. The number of hydrogen-bond donors (Lipinski definition) is 0. The summed E-state index contributed by atoms with van der Waals surface area (Å²) in [5.74, 6) is 0. The van der Waals surface area contributed by atoms with Gasteiger partial charge in [0.25, 0.3) is 0 Å². The zero-order chi connectivity index (χ0) is 17.3. The summed E-state index contributed by atoms with van der Waals surface area (Å²) in [6, 6.07) is 14.5. The molecule has 0 unspecified atom stereocenters. The van der Waals surface area contributed by atoms with Crippen LogP contribution in [0, 0.1) is 13.8 Å². The average Bonchev–Trinajstić information content (AvgIpc) is 2.55. The van der Waals surface area contributed by atoms with Crippen molar-refractivity contribution in [1.82, 2.24) is 0 Å². The van der Waals surface area contributed by atoms with Crippen LogP contribution in [0.2, 0.25) is 0 Å². The lowest BCUT2D eigenvalue weighted by atomic mass is 9.83. The molecule has 0 saturated heterocycles. The topological polar surface area (TPSA) is 0 Å². The fourth-order valence-corrected chi connectivity index (χ4v) is 3.11. The van der Waals surface area contributed by atoms with Crippen LogP contribution in [-0.4, -0.2) is 6.18 Å². The van der Waals surface area contributed by atoms with Crippen molar-refractivity contribution < 1.29 is 13.2 Å². The molecule has 0 bridgehead atoms. The zero-order valence-corrected chi connectivity index (χ0v) is 13.7. The van der Waals surface area contributed by atoms with Gasteiger partial charge in [-0.3, -0.25) is 0 Å². The van der Waals surface area contributed by atoms with Gasteiger partial charge in [-0.2, -0.15) is 13.2 Å². The molecule has 24 heavy (non-hydrogen) atoms. The highest BCUT2D eigenvalue weighted by molar-refractivity contribution is 5.92. The van der Waals surface area contributed by atoms with Crippen molar-refractivity contribution in [3.8, 4) is 0 Å². The molecular weight excluding hydrogens is 309 g/mol. The lowest BCUT2D eigenvalue weighted by molar-refractivity contribution is -0.0867. The first-order valence-corrected chi connectivity index (χ1v) is 8.01. The van der Waals surface area contributed by atoms with E-state index in [2.05, 4.69) is 0 Å². The Labute approximate surface area is 140 Å². The molecule has 0 amide bonds. The van der Waals surface area contributed by atoms with E-state index < -0.39 is 11.7 Å². The van der Waals surface area contributed by atoms with Crippen molar-refractivity contribution in [2.75, 3.05) is 0 Å². The smallest absolute Gasteiger partial charge is 0.166 e. The molecule has 0 nitrogen and oxygen atoms in total. The lowest BCUT2D eigenvalue weighted by Crippen LogP contribution is -2.18. The van der Waals surface area contributed by atoms with Gasteiger partial charge in [-0.1, -0.05) is 65.7 Å². The number of alkyl halides is 3. The summed E-state index contributed by atoms with van der Waals surface area (Å²) in [7, 11) is 0. The third-order valence-corrected chi connectivity index (χ3v) is 4.36. The van der Waals surface area contributed by atoms with Crippen LogP contribution in [0.25, 0.3) is 11.1 Å². The summed E-state index contributed by atoms with van der Waals surface area (Å²) in [5.41, 5.74) is 3.54. The van der Waals surface area contributed by atoms with Gasteiger partial charge in [0.05, 0.1) is 5.57 Å². The van der Waals surface area contributed by atoms with E-state index in [1.54, 1.807) is 30.3 Å². The molecule has 0 saturated carbocycles. The molecule has 2 aromatic rings. The van der Waals surface area contributed by atoms with Gasteiger partial charge in [-0.15, -0.1) is 0 Å².